The molecule has 4 rings (SSSR count). The van der Waals surface area contributed by atoms with Crippen LogP contribution in [0.4, 0.5) is 0 Å². The summed E-state index contributed by atoms with van der Waals surface area (Å²) >= 11 is 0. The van der Waals surface area contributed by atoms with Gasteiger partial charge in [-0.2, -0.15) is 0 Å². The van der Waals surface area contributed by atoms with Crippen molar-refractivity contribution in [1.82, 2.24) is 0 Å². The third-order valence-corrected chi connectivity index (χ3v) is 6.33. The highest BCUT2D eigenvalue weighted by molar-refractivity contribution is 5.83. The molecule has 1 aromatic heterocycles. The van der Waals surface area contributed by atoms with Crippen LogP contribution >= 0.6 is 0 Å². The fourth-order valence-corrected chi connectivity index (χ4v) is 4.79. The monoisotopic (exact) mass is 360 g/mol. The van der Waals surface area contributed by atoms with Gasteiger partial charge in [-0.05, 0) is 73.3 Å². The molecule has 1 fully saturated rings. The summed E-state index contributed by atoms with van der Waals surface area (Å²) in [4.78, 5) is 0. The van der Waals surface area contributed by atoms with Gasteiger partial charge in [0.05, 0.1) is 0 Å². The van der Waals surface area contributed by atoms with Crippen molar-refractivity contribution in [2.45, 2.75) is 71.1 Å². The number of rotatable bonds is 6. The number of benzene rings is 2. The summed E-state index contributed by atoms with van der Waals surface area (Å²) in [5, 5.41) is 1.22. The Hall–Kier alpha value is -2.02. The Bertz CT molecular complexity index is 863. The highest BCUT2D eigenvalue weighted by Crippen LogP contribution is 2.38. The summed E-state index contributed by atoms with van der Waals surface area (Å²) in [6.45, 7) is 4.54. The maximum atomic E-state index is 6.11. The van der Waals surface area contributed by atoms with Crippen molar-refractivity contribution < 1.29 is 4.42 Å². The lowest BCUT2D eigenvalue weighted by atomic mass is 9.77. The van der Waals surface area contributed by atoms with E-state index in [1.807, 2.05) is 0 Å². The summed E-state index contributed by atoms with van der Waals surface area (Å²) in [7, 11) is 0. The molecule has 0 atom stereocenters. The molecular weight excluding hydrogens is 328 g/mol. The maximum absolute atomic E-state index is 6.11. The maximum Gasteiger partial charge on any atom is 0.135 e. The Labute approximate surface area is 163 Å². The van der Waals surface area contributed by atoms with E-state index in [9.17, 15) is 0 Å². The fourth-order valence-electron chi connectivity index (χ4n) is 4.79. The molecule has 1 aliphatic rings. The highest BCUT2D eigenvalue weighted by atomic mass is 16.3. The Morgan fingerprint density at radius 2 is 1.63 bits per heavy atom. The molecule has 0 radical (unpaired) electrons. The van der Waals surface area contributed by atoms with Crippen LogP contribution in [-0.4, -0.2) is 0 Å². The van der Waals surface area contributed by atoms with Crippen LogP contribution in [0.1, 0.15) is 75.8 Å². The molecule has 1 saturated carbocycles. The van der Waals surface area contributed by atoms with Crippen LogP contribution in [0.5, 0.6) is 0 Å². The summed E-state index contributed by atoms with van der Waals surface area (Å²) in [6.07, 6.45) is 10.6. The van der Waals surface area contributed by atoms with Crippen LogP contribution in [0.25, 0.3) is 22.3 Å². The Morgan fingerprint density at radius 1 is 0.852 bits per heavy atom. The molecule has 0 amide bonds. The highest BCUT2D eigenvalue weighted by Gasteiger charge is 2.21. The molecule has 1 aliphatic carbocycles. The van der Waals surface area contributed by atoms with Gasteiger partial charge < -0.3 is 4.42 Å². The van der Waals surface area contributed by atoms with Crippen molar-refractivity contribution >= 4 is 11.0 Å². The fraction of sp³-hybridized carbons (Fsp3) is 0.462. The smallest absolute Gasteiger partial charge is 0.135 e. The van der Waals surface area contributed by atoms with Gasteiger partial charge in [0.25, 0.3) is 0 Å². The van der Waals surface area contributed by atoms with Crippen LogP contribution in [-0.2, 0) is 6.42 Å². The summed E-state index contributed by atoms with van der Waals surface area (Å²) in [5.41, 5.74) is 5.08. The van der Waals surface area contributed by atoms with Crippen molar-refractivity contribution in [3.63, 3.8) is 0 Å². The zero-order valence-corrected chi connectivity index (χ0v) is 16.8. The summed E-state index contributed by atoms with van der Waals surface area (Å²) in [6, 6.07) is 17.9. The van der Waals surface area contributed by atoms with Crippen LogP contribution < -0.4 is 0 Å². The van der Waals surface area contributed by atoms with Gasteiger partial charge in [0.1, 0.15) is 11.3 Å². The SMILES string of the molecule is CCCc1ccc2oc(-c3ccc(C4CCC(CCC)CC4)cc3)cc2c1. The lowest BCUT2D eigenvalue weighted by Gasteiger charge is -2.28. The van der Waals surface area contributed by atoms with Gasteiger partial charge in [-0.1, -0.05) is 63.4 Å². The lowest BCUT2D eigenvalue weighted by molar-refractivity contribution is 0.308. The topological polar surface area (TPSA) is 13.1 Å². The lowest BCUT2D eigenvalue weighted by Crippen LogP contribution is -2.13. The van der Waals surface area contributed by atoms with Crippen molar-refractivity contribution in [3.8, 4) is 11.3 Å². The first-order chi connectivity index (χ1) is 13.3. The van der Waals surface area contributed by atoms with E-state index in [0.29, 0.717) is 0 Å². The molecule has 3 aromatic rings. The first kappa shape index (κ1) is 18.3. The first-order valence-corrected chi connectivity index (χ1v) is 10.9. The second kappa shape index (κ2) is 8.33. The molecule has 0 N–H and O–H groups in total. The van der Waals surface area contributed by atoms with E-state index in [4.69, 9.17) is 4.42 Å². The van der Waals surface area contributed by atoms with Gasteiger partial charge in [0.15, 0.2) is 0 Å². The summed E-state index contributed by atoms with van der Waals surface area (Å²) < 4.78 is 6.11. The minimum atomic E-state index is 0.749. The predicted molar refractivity (Wildman–Crippen MR) is 115 cm³/mol. The number of hydrogen-bond donors (Lipinski definition) is 0. The number of aryl methyl sites for hydroxylation is 1. The first-order valence-electron chi connectivity index (χ1n) is 10.9. The Kier molecular flexibility index (Phi) is 5.66. The second-order valence-electron chi connectivity index (χ2n) is 8.36. The van der Waals surface area contributed by atoms with E-state index in [2.05, 4.69) is 62.4 Å². The Morgan fingerprint density at radius 3 is 2.33 bits per heavy atom. The minimum absolute atomic E-state index is 0.749. The molecule has 27 heavy (non-hydrogen) atoms. The van der Waals surface area contributed by atoms with E-state index in [0.717, 1.165) is 29.6 Å². The van der Waals surface area contributed by atoms with E-state index in [1.165, 1.54) is 67.0 Å². The molecule has 2 aromatic carbocycles. The van der Waals surface area contributed by atoms with Crippen LogP contribution in [0.2, 0.25) is 0 Å². The van der Waals surface area contributed by atoms with Crippen molar-refractivity contribution in [2.24, 2.45) is 5.92 Å². The molecule has 142 valence electrons. The molecule has 0 spiro atoms. The van der Waals surface area contributed by atoms with Gasteiger partial charge in [-0.15, -0.1) is 0 Å². The van der Waals surface area contributed by atoms with Gasteiger partial charge in [-0.25, -0.2) is 0 Å². The van der Waals surface area contributed by atoms with Gasteiger partial charge in [0, 0.05) is 10.9 Å². The number of hydrogen-bond acceptors (Lipinski definition) is 1. The molecular formula is C26H32O. The minimum Gasteiger partial charge on any atom is -0.456 e. The van der Waals surface area contributed by atoms with Crippen molar-refractivity contribution in [3.05, 3.63) is 59.7 Å². The largest absolute Gasteiger partial charge is 0.456 e. The van der Waals surface area contributed by atoms with E-state index in [-0.39, 0.29) is 0 Å². The second-order valence-corrected chi connectivity index (χ2v) is 8.36. The zero-order valence-electron chi connectivity index (χ0n) is 16.8. The molecule has 1 heteroatoms. The van der Waals surface area contributed by atoms with Crippen LogP contribution in [0.3, 0.4) is 0 Å². The van der Waals surface area contributed by atoms with Crippen LogP contribution in [0.15, 0.2) is 52.9 Å². The molecule has 1 heterocycles. The standard InChI is InChI=1S/C26H32O/c1-3-5-19-7-10-21(11-8-19)22-12-14-23(15-13-22)26-18-24-17-20(6-4-2)9-16-25(24)27-26/h9,12-19,21H,3-8,10-11H2,1-2H3. The normalized spacial score (nSPS) is 20.2. The average Bonchev–Trinajstić information content (AvgIpc) is 3.13. The molecule has 0 bridgehead atoms. The van der Waals surface area contributed by atoms with E-state index in [1.54, 1.807) is 0 Å². The third kappa shape index (κ3) is 4.13. The number of fused-ring (bicyclic) bond motifs is 1. The van der Waals surface area contributed by atoms with Gasteiger partial charge in [0.2, 0.25) is 0 Å². The molecule has 0 saturated heterocycles. The van der Waals surface area contributed by atoms with Crippen molar-refractivity contribution in [2.75, 3.05) is 0 Å². The average molecular weight is 361 g/mol. The molecule has 0 aliphatic heterocycles. The van der Waals surface area contributed by atoms with Crippen molar-refractivity contribution in [1.29, 1.82) is 0 Å². The quantitative estimate of drug-likeness (QED) is 0.432. The van der Waals surface area contributed by atoms with Crippen LogP contribution in [0, 0.1) is 5.92 Å². The Balaban J connectivity index is 1.48. The zero-order chi connectivity index (χ0) is 18.6. The van der Waals surface area contributed by atoms with E-state index >= 15 is 0 Å². The molecule has 0 unspecified atom stereocenters. The predicted octanol–water partition coefficient (Wildman–Crippen LogP) is 8.13. The summed E-state index contributed by atoms with van der Waals surface area (Å²) in [5.74, 6) is 2.70. The van der Waals surface area contributed by atoms with Gasteiger partial charge >= 0.3 is 0 Å². The number of furan rings is 1. The van der Waals surface area contributed by atoms with Gasteiger partial charge in [-0.3, -0.25) is 0 Å². The molecule has 1 nitrogen and oxygen atoms in total. The van der Waals surface area contributed by atoms with E-state index < -0.39 is 0 Å². The third-order valence-electron chi connectivity index (χ3n) is 6.33.